The fourth-order valence-electron chi connectivity index (χ4n) is 2.70. The summed E-state index contributed by atoms with van der Waals surface area (Å²) < 4.78 is 20.1. The standard InChI is InChI=1S/C12H30Ge3O3/c1-7-13(8-2)16-14(9-3,10-4)18-15(11-5,12-6)17-13/h7-12H2,1-6H3. The van der Waals surface area contributed by atoms with Gasteiger partial charge in [0.2, 0.25) is 0 Å². The molecule has 18 heavy (non-hydrogen) atoms. The van der Waals surface area contributed by atoms with E-state index in [-0.39, 0.29) is 0 Å². The molecule has 1 rings (SSSR count). The molecule has 1 aliphatic rings. The maximum absolute atomic E-state index is 6.69. The molecule has 108 valence electrons. The molecule has 0 spiro atoms. The first-order valence-corrected chi connectivity index (χ1v) is 21.6. The van der Waals surface area contributed by atoms with Crippen LogP contribution in [0.3, 0.4) is 0 Å². The number of rotatable bonds is 6. The van der Waals surface area contributed by atoms with Crippen molar-refractivity contribution in [1.29, 1.82) is 0 Å². The summed E-state index contributed by atoms with van der Waals surface area (Å²) in [6.45, 7) is 13.6. The molecule has 0 aromatic rings. The third-order valence-corrected chi connectivity index (χ3v) is 46.9. The molecule has 0 atom stereocenters. The van der Waals surface area contributed by atoms with Crippen molar-refractivity contribution >= 4 is 41.8 Å². The molecule has 6 heteroatoms. The van der Waals surface area contributed by atoms with Crippen LogP contribution in [0.4, 0.5) is 0 Å². The molecule has 1 saturated heterocycles. The summed E-state index contributed by atoms with van der Waals surface area (Å²) in [6, 6.07) is 0. The van der Waals surface area contributed by atoms with Gasteiger partial charge in [-0.1, -0.05) is 0 Å². The third-order valence-electron chi connectivity index (χ3n) is 4.35. The summed E-state index contributed by atoms with van der Waals surface area (Å²) in [4.78, 5) is 0. The molecule has 1 aliphatic heterocycles. The molecule has 0 aromatic heterocycles. The molecular formula is C12H30Ge3O3. The molecule has 1 heterocycles. The van der Waals surface area contributed by atoms with Crippen LogP contribution < -0.4 is 0 Å². The Morgan fingerprint density at radius 3 is 0.722 bits per heavy atom. The average molecular weight is 440 g/mol. The topological polar surface area (TPSA) is 27.7 Å². The third kappa shape index (κ3) is 3.39. The van der Waals surface area contributed by atoms with Crippen LogP contribution in [-0.4, -0.2) is 41.8 Å². The van der Waals surface area contributed by atoms with Crippen LogP contribution in [0.25, 0.3) is 0 Å². The van der Waals surface area contributed by atoms with Crippen LogP contribution in [0.1, 0.15) is 41.5 Å². The zero-order chi connectivity index (χ0) is 13.9. The quantitative estimate of drug-likeness (QED) is 0.570. The van der Waals surface area contributed by atoms with E-state index < -0.39 is 41.8 Å². The zero-order valence-corrected chi connectivity index (χ0v) is 19.3. The molecule has 0 amide bonds. The minimum absolute atomic E-state index is 1.14. The van der Waals surface area contributed by atoms with Crippen molar-refractivity contribution in [2.24, 2.45) is 0 Å². The van der Waals surface area contributed by atoms with E-state index in [1.165, 1.54) is 0 Å². The molecule has 0 bridgehead atoms. The van der Waals surface area contributed by atoms with Gasteiger partial charge < -0.3 is 0 Å². The van der Waals surface area contributed by atoms with Crippen LogP contribution in [-0.2, 0) is 8.37 Å². The van der Waals surface area contributed by atoms with E-state index in [0.29, 0.717) is 0 Å². The second-order valence-electron chi connectivity index (χ2n) is 5.16. The molecule has 0 aromatic carbocycles. The Balaban J connectivity index is 3.13. The van der Waals surface area contributed by atoms with Crippen molar-refractivity contribution in [2.75, 3.05) is 0 Å². The van der Waals surface area contributed by atoms with Gasteiger partial charge in [0.15, 0.2) is 0 Å². The summed E-state index contributed by atoms with van der Waals surface area (Å²) in [5, 5.41) is 6.83. The fraction of sp³-hybridized carbons (Fsp3) is 1.00. The molecule has 1 fully saturated rings. The molecule has 0 N–H and O–H groups in total. The van der Waals surface area contributed by atoms with Gasteiger partial charge in [0.05, 0.1) is 0 Å². The first-order chi connectivity index (χ1) is 8.49. The van der Waals surface area contributed by atoms with Crippen LogP contribution in [0.5, 0.6) is 0 Å². The summed E-state index contributed by atoms with van der Waals surface area (Å²) in [7, 11) is 0. The second-order valence-corrected chi connectivity index (χ2v) is 33.5. The van der Waals surface area contributed by atoms with E-state index >= 15 is 0 Å². The van der Waals surface area contributed by atoms with Crippen molar-refractivity contribution in [3.8, 4) is 0 Å². The Morgan fingerprint density at radius 2 is 0.611 bits per heavy atom. The summed E-state index contributed by atoms with van der Waals surface area (Å²) in [5.41, 5.74) is 0. The first-order valence-electron chi connectivity index (χ1n) is 7.59. The second kappa shape index (κ2) is 6.98. The molecule has 0 radical (unpaired) electrons. The van der Waals surface area contributed by atoms with Crippen molar-refractivity contribution in [2.45, 2.75) is 73.1 Å². The van der Waals surface area contributed by atoms with Gasteiger partial charge in [-0.25, -0.2) is 0 Å². The number of hydrogen-bond acceptors (Lipinski definition) is 3. The van der Waals surface area contributed by atoms with E-state index in [9.17, 15) is 0 Å². The monoisotopic (exact) mass is 444 g/mol. The average Bonchev–Trinajstić information content (AvgIpc) is 2.46. The van der Waals surface area contributed by atoms with E-state index in [1.807, 2.05) is 0 Å². The van der Waals surface area contributed by atoms with Crippen LogP contribution >= 0.6 is 0 Å². The van der Waals surface area contributed by atoms with Gasteiger partial charge in [-0.05, 0) is 0 Å². The van der Waals surface area contributed by atoms with E-state index in [1.54, 1.807) is 0 Å². The van der Waals surface area contributed by atoms with Gasteiger partial charge in [0.1, 0.15) is 0 Å². The molecular weight excluding hydrogens is 410 g/mol. The Hall–Kier alpha value is 1.51. The van der Waals surface area contributed by atoms with Gasteiger partial charge in [0, 0.05) is 0 Å². The van der Waals surface area contributed by atoms with Gasteiger partial charge in [-0.3, -0.25) is 0 Å². The molecule has 0 aliphatic carbocycles. The summed E-state index contributed by atoms with van der Waals surface area (Å²) >= 11 is -7.53. The Morgan fingerprint density at radius 1 is 0.444 bits per heavy atom. The van der Waals surface area contributed by atoms with Crippen molar-refractivity contribution < 1.29 is 8.37 Å². The minimum atomic E-state index is -2.51. The normalized spacial score (nSPS) is 25.0. The predicted octanol–water partition coefficient (Wildman–Crippen LogP) is 4.50. The van der Waals surface area contributed by atoms with Crippen LogP contribution in [0, 0.1) is 0 Å². The van der Waals surface area contributed by atoms with Crippen molar-refractivity contribution in [3.63, 3.8) is 0 Å². The van der Waals surface area contributed by atoms with Crippen molar-refractivity contribution in [3.05, 3.63) is 0 Å². The summed E-state index contributed by atoms with van der Waals surface area (Å²) in [5.74, 6) is 0. The van der Waals surface area contributed by atoms with E-state index in [0.717, 1.165) is 31.5 Å². The SMILES string of the molecule is C[CH2][Ge]1([CH2]C)[O][Ge]([CH2]C)([CH2]C)[O][Ge]([CH2]C)([CH2]C)[O]1. The first kappa shape index (κ1) is 17.6. The van der Waals surface area contributed by atoms with Gasteiger partial charge in [0.25, 0.3) is 0 Å². The Kier molecular flexibility index (Phi) is 6.81. The van der Waals surface area contributed by atoms with Gasteiger partial charge in [-0.15, -0.1) is 0 Å². The molecule has 0 unspecified atom stereocenters. The van der Waals surface area contributed by atoms with Gasteiger partial charge >= 0.3 is 123 Å². The maximum atomic E-state index is 6.69. The zero-order valence-electron chi connectivity index (χ0n) is 13.0. The fourth-order valence-corrected chi connectivity index (χ4v) is 63.5. The van der Waals surface area contributed by atoms with Crippen molar-refractivity contribution in [1.82, 2.24) is 0 Å². The predicted molar refractivity (Wildman–Crippen MR) is 83.4 cm³/mol. The van der Waals surface area contributed by atoms with Crippen LogP contribution in [0.15, 0.2) is 0 Å². The summed E-state index contributed by atoms with van der Waals surface area (Å²) in [6.07, 6.45) is 0. The van der Waals surface area contributed by atoms with E-state index in [4.69, 9.17) is 8.37 Å². The van der Waals surface area contributed by atoms with Gasteiger partial charge in [-0.2, -0.15) is 0 Å². The van der Waals surface area contributed by atoms with E-state index in [2.05, 4.69) is 41.5 Å². The molecule has 3 nitrogen and oxygen atoms in total. The number of hydrogen-bond donors (Lipinski definition) is 0. The molecule has 0 saturated carbocycles. The van der Waals surface area contributed by atoms with Crippen LogP contribution in [0.2, 0.25) is 31.5 Å². The Bertz CT molecular complexity index is 206. The Labute approximate surface area is 122 Å².